The van der Waals surface area contributed by atoms with Crippen LogP contribution in [0.5, 0.6) is 0 Å². The van der Waals surface area contributed by atoms with Crippen molar-refractivity contribution in [1.29, 1.82) is 0 Å². The van der Waals surface area contributed by atoms with Gasteiger partial charge in [-0.05, 0) is 33.8 Å². The van der Waals surface area contributed by atoms with Crippen molar-refractivity contribution >= 4 is 40.0 Å². The number of aromatic nitrogens is 2. The zero-order chi connectivity index (χ0) is 22.1. The lowest BCUT2D eigenvalue weighted by Gasteiger charge is -2.31. The van der Waals surface area contributed by atoms with Crippen molar-refractivity contribution in [3.05, 3.63) is 134 Å². The summed E-state index contributed by atoms with van der Waals surface area (Å²) in [6.45, 7) is 0. The van der Waals surface area contributed by atoms with Gasteiger partial charge in [-0.15, -0.1) is 0 Å². The summed E-state index contributed by atoms with van der Waals surface area (Å²) in [5.41, 5.74) is 1.80. The van der Waals surface area contributed by atoms with Gasteiger partial charge in [0.05, 0.1) is 5.38 Å². The second-order valence-corrected chi connectivity index (χ2v) is 11.8. The highest BCUT2D eigenvalue weighted by atomic mass is 28.3. The summed E-state index contributed by atoms with van der Waals surface area (Å²) in [5, 5.41) is 10.4. The Balaban J connectivity index is 1.72. The molecule has 0 saturated heterocycles. The van der Waals surface area contributed by atoms with Gasteiger partial charge in [0.15, 0.2) is 5.58 Å². The SMILES string of the molecule is c1ccc([Si](c2ccccc2)(c2ccccc2)c2cc3cccc(-n4cccn4)c3o2)cc1. The standard InChI is InChI=1S/C29H22N2OSi/c1-4-13-24(14-5-1)33(25-15-6-2-7-16-25,26-17-8-3-9-18-26)28-22-23-12-10-19-27(29(23)32-28)31-21-11-20-30-31/h1-22H. The van der Waals surface area contributed by atoms with E-state index in [2.05, 4.69) is 120 Å². The van der Waals surface area contributed by atoms with Gasteiger partial charge in [-0.1, -0.05) is 103 Å². The molecule has 0 aliphatic carbocycles. The fourth-order valence-electron chi connectivity index (χ4n) is 4.82. The first kappa shape index (κ1) is 19.5. The first-order chi connectivity index (χ1) is 16.4. The zero-order valence-corrected chi connectivity index (χ0v) is 19.0. The molecule has 0 saturated carbocycles. The van der Waals surface area contributed by atoms with E-state index in [-0.39, 0.29) is 0 Å². The van der Waals surface area contributed by atoms with E-state index in [0.29, 0.717) is 0 Å². The third kappa shape index (κ3) is 3.15. The quantitative estimate of drug-likeness (QED) is 0.299. The molecule has 4 heteroatoms. The number of nitrogens with zero attached hydrogens (tertiary/aromatic N) is 2. The molecule has 0 N–H and O–H groups in total. The average molecular weight is 443 g/mol. The Kier molecular flexibility index (Phi) is 4.78. The van der Waals surface area contributed by atoms with Crippen LogP contribution in [0.1, 0.15) is 0 Å². The highest BCUT2D eigenvalue weighted by molar-refractivity contribution is 7.19. The molecule has 0 atom stereocenters. The minimum absolute atomic E-state index is 0.857. The monoisotopic (exact) mass is 442 g/mol. The first-order valence-corrected chi connectivity index (χ1v) is 13.1. The molecule has 4 aromatic carbocycles. The number of rotatable bonds is 5. The number of para-hydroxylation sites is 1. The fourth-order valence-corrected chi connectivity index (χ4v) is 9.37. The van der Waals surface area contributed by atoms with Gasteiger partial charge in [-0.2, -0.15) is 5.10 Å². The van der Waals surface area contributed by atoms with Gasteiger partial charge in [0.1, 0.15) is 5.69 Å². The van der Waals surface area contributed by atoms with Crippen molar-refractivity contribution in [2.75, 3.05) is 0 Å². The van der Waals surface area contributed by atoms with Crippen LogP contribution in [0, 0.1) is 0 Å². The minimum Gasteiger partial charge on any atom is -0.463 e. The van der Waals surface area contributed by atoms with E-state index >= 15 is 0 Å². The Labute approximate surface area is 193 Å². The molecule has 6 aromatic rings. The lowest BCUT2D eigenvalue weighted by molar-refractivity contribution is 0.644. The summed E-state index contributed by atoms with van der Waals surface area (Å²) in [6, 6.07) is 42.9. The normalized spacial score (nSPS) is 11.6. The summed E-state index contributed by atoms with van der Waals surface area (Å²) in [4.78, 5) is 0. The Hall–Kier alpha value is -4.15. The van der Waals surface area contributed by atoms with Gasteiger partial charge in [0.25, 0.3) is 0 Å². The maximum Gasteiger partial charge on any atom is 0.223 e. The molecule has 0 fully saturated rings. The number of hydrogen-bond donors (Lipinski definition) is 0. The zero-order valence-electron chi connectivity index (χ0n) is 18.0. The molecule has 0 amide bonds. The molecule has 3 nitrogen and oxygen atoms in total. The van der Waals surface area contributed by atoms with Crippen molar-refractivity contribution in [2.24, 2.45) is 0 Å². The van der Waals surface area contributed by atoms with Crippen LogP contribution in [0.15, 0.2) is 138 Å². The molecular formula is C29H22N2OSi. The van der Waals surface area contributed by atoms with Crippen molar-refractivity contribution in [1.82, 2.24) is 9.78 Å². The van der Waals surface area contributed by atoms with Crippen LogP contribution in [-0.4, -0.2) is 17.9 Å². The lowest BCUT2D eigenvalue weighted by atomic mass is 10.2. The summed E-state index contributed by atoms with van der Waals surface area (Å²) >= 11 is 0. The van der Waals surface area contributed by atoms with E-state index < -0.39 is 8.07 Å². The van der Waals surface area contributed by atoms with Crippen LogP contribution in [0.4, 0.5) is 0 Å². The van der Waals surface area contributed by atoms with E-state index in [1.807, 2.05) is 16.9 Å². The molecule has 6 rings (SSSR count). The van der Waals surface area contributed by atoms with Crippen LogP contribution in [0.25, 0.3) is 16.7 Å². The smallest absolute Gasteiger partial charge is 0.223 e. The Morgan fingerprint density at radius 1 is 0.606 bits per heavy atom. The number of furan rings is 1. The van der Waals surface area contributed by atoms with Gasteiger partial charge >= 0.3 is 0 Å². The number of benzene rings is 4. The highest BCUT2D eigenvalue weighted by Gasteiger charge is 2.44. The molecular weight excluding hydrogens is 420 g/mol. The van der Waals surface area contributed by atoms with Crippen LogP contribution in [0.3, 0.4) is 0 Å². The summed E-state index contributed by atoms with van der Waals surface area (Å²) < 4.78 is 8.72. The molecule has 0 aliphatic rings. The van der Waals surface area contributed by atoms with E-state index in [0.717, 1.165) is 22.0 Å². The largest absolute Gasteiger partial charge is 0.463 e. The van der Waals surface area contributed by atoms with E-state index in [1.54, 1.807) is 6.20 Å². The van der Waals surface area contributed by atoms with Crippen LogP contribution >= 0.6 is 0 Å². The number of fused-ring (bicyclic) bond motifs is 1. The van der Waals surface area contributed by atoms with Gasteiger partial charge in [0.2, 0.25) is 8.07 Å². The maximum absolute atomic E-state index is 6.85. The lowest BCUT2D eigenvalue weighted by Crippen LogP contribution is -2.74. The molecule has 0 aliphatic heterocycles. The fraction of sp³-hybridized carbons (Fsp3) is 0. The molecule has 2 aromatic heterocycles. The summed E-state index contributed by atoms with van der Waals surface area (Å²) in [5.74, 6) is 0. The van der Waals surface area contributed by atoms with Gasteiger partial charge in [0, 0.05) is 17.8 Å². The molecule has 2 heterocycles. The summed E-state index contributed by atoms with van der Waals surface area (Å²) in [7, 11) is -2.69. The Morgan fingerprint density at radius 3 is 1.70 bits per heavy atom. The van der Waals surface area contributed by atoms with E-state index in [4.69, 9.17) is 4.42 Å². The topological polar surface area (TPSA) is 31.0 Å². The molecule has 158 valence electrons. The summed E-state index contributed by atoms with van der Waals surface area (Å²) in [6.07, 6.45) is 3.74. The van der Waals surface area contributed by atoms with Crippen molar-refractivity contribution in [3.8, 4) is 5.69 Å². The third-order valence-electron chi connectivity index (χ3n) is 6.26. The van der Waals surface area contributed by atoms with E-state index in [9.17, 15) is 0 Å². The highest BCUT2D eigenvalue weighted by Crippen LogP contribution is 2.24. The predicted molar refractivity (Wildman–Crippen MR) is 137 cm³/mol. The second-order valence-electron chi connectivity index (χ2n) is 8.10. The van der Waals surface area contributed by atoms with Crippen molar-refractivity contribution in [2.45, 2.75) is 0 Å². The van der Waals surface area contributed by atoms with Crippen molar-refractivity contribution < 1.29 is 4.42 Å². The van der Waals surface area contributed by atoms with Crippen molar-refractivity contribution in [3.63, 3.8) is 0 Å². The van der Waals surface area contributed by atoms with Crippen LogP contribution in [-0.2, 0) is 0 Å². The average Bonchev–Trinajstić information content (AvgIpc) is 3.57. The third-order valence-corrected chi connectivity index (χ3v) is 10.8. The Bertz CT molecular complexity index is 1390. The molecule has 0 unspecified atom stereocenters. The predicted octanol–water partition coefficient (Wildman–Crippen LogP) is 4.00. The van der Waals surface area contributed by atoms with Crippen LogP contribution < -0.4 is 20.9 Å². The minimum atomic E-state index is -2.69. The molecule has 33 heavy (non-hydrogen) atoms. The van der Waals surface area contributed by atoms with E-state index in [1.165, 1.54) is 15.6 Å². The molecule has 0 spiro atoms. The first-order valence-electron chi connectivity index (χ1n) is 11.1. The van der Waals surface area contributed by atoms with Gasteiger partial charge in [-0.25, -0.2) is 4.68 Å². The maximum atomic E-state index is 6.85. The molecule has 0 bridgehead atoms. The van der Waals surface area contributed by atoms with Gasteiger partial charge in [-0.3, -0.25) is 0 Å². The van der Waals surface area contributed by atoms with Crippen LogP contribution in [0.2, 0.25) is 0 Å². The Morgan fingerprint density at radius 2 is 1.18 bits per heavy atom. The second kappa shape index (κ2) is 8.08. The number of hydrogen-bond acceptors (Lipinski definition) is 2. The van der Waals surface area contributed by atoms with Gasteiger partial charge < -0.3 is 4.42 Å². The molecule has 0 radical (unpaired) electrons.